The first-order chi connectivity index (χ1) is 13.0. The number of thioether (sulfide) groups is 1. The lowest BCUT2D eigenvalue weighted by Gasteiger charge is -2.04. The molecule has 0 saturated heterocycles. The van der Waals surface area contributed by atoms with Crippen LogP contribution in [-0.2, 0) is 7.05 Å². The van der Waals surface area contributed by atoms with E-state index in [9.17, 15) is 4.79 Å². The molecule has 136 valence electrons. The Balaban J connectivity index is 1.53. The molecule has 0 saturated carbocycles. The first kappa shape index (κ1) is 17.9. The third-order valence-electron chi connectivity index (χ3n) is 4.54. The highest BCUT2D eigenvalue weighted by Crippen LogP contribution is 2.32. The number of rotatable bonds is 5. The van der Waals surface area contributed by atoms with Gasteiger partial charge in [0.25, 0.3) is 0 Å². The molecule has 0 amide bonds. The topological polar surface area (TPSA) is 47.8 Å². The van der Waals surface area contributed by atoms with E-state index in [-0.39, 0.29) is 5.78 Å². The fourth-order valence-corrected chi connectivity index (χ4v) is 5.13. The van der Waals surface area contributed by atoms with Crippen LogP contribution in [-0.4, -0.2) is 26.3 Å². The van der Waals surface area contributed by atoms with Crippen LogP contribution in [0, 0.1) is 13.8 Å². The molecule has 0 spiro atoms. The van der Waals surface area contributed by atoms with E-state index in [2.05, 4.69) is 41.4 Å². The van der Waals surface area contributed by atoms with Gasteiger partial charge < -0.3 is 4.57 Å². The van der Waals surface area contributed by atoms with E-state index in [1.54, 1.807) is 11.3 Å². The summed E-state index contributed by atoms with van der Waals surface area (Å²) < 4.78 is 3.11. The third-order valence-corrected chi connectivity index (χ3v) is 6.87. The fourth-order valence-electron chi connectivity index (χ4n) is 3.11. The summed E-state index contributed by atoms with van der Waals surface area (Å²) in [7, 11) is 1.94. The molecule has 4 aromatic rings. The molecule has 0 aliphatic heterocycles. The van der Waals surface area contributed by atoms with Crippen molar-refractivity contribution in [1.82, 2.24) is 14.8 Å². The first-order valence-corrected chi connectivity index (χ1v) is 10.5. The highest BCUT2D eigenvalue weighted by molar-refractivity contribution is 7.99. The Morgan fingerprint density at radius 2 is 1.93 bits per heavy atom. The van der Waals surface area contributed by atoms with E-state index in [1.165, 1.54) is 17.3 Å². The van der Waals surface area contributed by atoms with Crippen molar-refractivity contribution in [3.63, 3.8) is 0 Å². The minimum Gasteiger partial charge on any atom is -0.305 e. The van der Waals surface area contributed by atoms with E-state index >= 15 is 0 Å². The Morgan fingerprint density at radius 1 is 1.11 bits per heavy atom. The monoisotopic (exact) mass is 393 g/mol. The highest BCUT2D eigenvalue weighted by Gasteiger charge is 2.18. The van der Waals surface area contributed by atoms with Crippen LogP contribution in [0.1, 0.15) is 20.8 Å². The molecule has 2 aromatic heterocycles. The van der Waals surface area contributed by atoms with Crippen molar-refractivity contribution < 1.29 is 4.79 Å². The number of aromatic nitrogens is 3. The van der Waals surface area contributed by atoms with Crippen LogP contribution in [0.15, 0.2) is 53.7 Å². The van der Waals surface area contributed by atoms with Crippen molar-refractivity contribution in [3.8, 4) is 11.4 Å². The van der Waals surface area contributed by atoms with E-state index in [4.69, 9.17) is 0 Å². The zero-order valence-corrected chi connectivity index (χ0v) is 17.0. The largest absolute Gasteiger partial charge is 0.305 e. The molecule has 2 aromatic carbocycles. The van der Waals surface area contributed by atoms with E-state index in [0.717, 1.165) is 37.1 Å². The van der Waals surface area contributed by atoms with Crippen molar-refractivity contribution in [2.45, 2.75) is 19.0 Å². The molecular formula is C21H19N3OS2. The summed E-state index contributed by atoms with van der Waals surface area (Å²) >= 11 is 3.00. The number of fused-ring (bicyclic) bond motifs is 1. The second-order valence-corrected chi connectivity index (χ2v) is 8.49. The maximum atomic E-state index is 12.8. The zero-order valence-electron chi connectivity index (χ0n) is 15.4. The number of ketones is 1. The average molecular weight is 394 g/mol. The highest BCUT2D eigenvalue weighted by atomic mass is 32.2. The molecule has 0 aliphatic rings. The molecule has 0 N–H and O–H groups in total. The Kier molecular flexibility index (Phi) is 4.85. The van der Waals surface area contributed by atoms with Crippen LogP contribution in [0.4, 0.5) is 0 Å². The first-order valence-electron chi connectivity index (χ1n) is 8.65. The molecule has 2 heterocycles. The van der Waals surface area contributed by atoms with Gasteiger partial charge in [-0.25, -0.2) is 0 Å². The van der Waals surface area contributed by atoms with Crippen molar-refractivity contribution in [1.29, 1.82) is 0 Å². The van der Waals surface area contributed by atoms with E-state index in [0.29, 0.717) is 5.75 Å². The minimum absolute atomic E-state index is 0.138. The second kappa shape index (κ2) is 7.29. The quantitative estimate of drug-likeness (QED) is 0.341. The van der Waals surface area contributed by atoms with Crippen LogP contribution in [0.25, 0.3) is 21.5 Å². The average Bonchev–Trinajstić information content (AvgIpc) is 3.20. The predicted molar refractivity (Wildman–Crippen MR) is 113 cm³/mol. The SMILES string of the molecule is Cc1cccc(-c2nnc(SCC(=O)c3sc4ccccc4c3C)n2C)c1. The zero-order chi connectivity index (χ0) is 19.0. The van der Waals surface area contributed by atoms with E-state index < -0.39 is 0 Å². The summed E-state index contributed by atoms with van der Waals surface area (Å²) in [6, 6.07) is 16.3. The number of hydrogen-bond acceptors (Lipinski definition) is 5. The lowest BCUT2D eigenvalue weighted by molar-refractivity contribution is 0.102. The fraction of sp³-hybridized carbons (Fsp3) is 0.190. The maximum absolute atomic E-state index is 12.8. The van der Waals surface area contributed by atoms with Gasteiger partial charge in [0.2, 0.25) is 0 Å². The van der Waals surface area contributed by atoms with Gasteiger partial charge in [-0.3, -0.25) is 4.79 Å². The van der Waals surface area contributed by atoms with Gasteiger partial charge in [0.1, 0.15) is 0 Å². The number of carbonyl (C=O) groups is 1. The van der Waals surface area contributed by atoms with Gasteiger partial charge in [0, 0.05) is 17.3 Å². The third kappa shape index (κ3) is 3.42. The van der Waals surface area contributed by atoms with Gasteiger partial charge in [0.15, 0.2) is 16.8 Å². The number of aryl methyl sites for hydroxylation is 2. The Bertz CT molecular complexity index is 1140. The van der Waals surface area contributed by atoms with Gasteiger partial charge in [-0.05, 0) is 36.9 Å². The maximum Gasteiger partial charge on any atom is 0.191 e. The normalized spacial score (nSPS) is 11.2. The summed E-state index contributed by atoms with van der Waals surface area (Å²) in [4.78, 5) is 13.6. The standard InChI is InChI=1S/C21H19N3OS2/c1-13-7-6-8-15(11-13)20-22-23-21(24(20)3)26-12-17(25)19-14(2)16-9-4-5-10-18(16)27-19/h4-11H,12H2,1-3H3. The summed E-state index contributed by atoms with van der Waals surface area (Å²) in [5.74, 6) is 1.30. The lowest BCUT2D eigenvalue weighted by atomic mass is 10.1. The molecule has 0 bridgehead atoms. The van der Waals surface area contributed by atoms with Gasteiger partial charge >= 0.3 is 0 Å². The van der Waals surface area contributed by atoms with Crippen LogP contribution in [0.2, 0.25) is 0 Å². The molecule has 6 heteroatoms. The van der Waals surface area contributed by atoms with Crippen LogP contribution >= 0.6 is 23.1 Å². The number of thiophene rings is 1. The van der Waals surface area contributed by atoms with Crippen LogP contribution in [0.5, 0.6) is 0 Å². The number of nitrogens with zero attached hydrogens (tertiary/aromatic N) is 3. The van der Waals surface area contributed by atoms with Gasteiger partial charge in [0.05, 0.1) is 10.6 Å². The molecule has 27 heavy (non-hydrogen) atoms. The number of carbonyl (C=O) groups excluding carboxylic acids is 1. The summed E-state index contributed by atoms with van der Waals surface area (Å²) in [5, 5.41) is 10.5. The molecule has 0 atom stereocenters. The van der Waals surface area contributed by atoms with Crippen LogP contribution < -0.4 is 0 Å². The van der Waals surface area contributed by atoms with Crippen molar-refractivity contribution in [2.75, 3.05) is 5.75 Å². The summed E-state index contributed by atoms with van der Waals surface area (Å²) in [6.07, 6.45) is 0. The van der Waals surface area contributed by atoms with Gasteiger partial charge in [-0.2, -0.15) is 0 Å². The number of Topliss-reactive ketones (excluding diaryl/α,β-unsaturated/α-hetero) is 1. The van der Waals surface area contributed by atoms with Crippen molar-refractivity contribution in [2.24, 2.45) is 7.05 Å². The number of benzene rings is 2. The smallest absolute Gasteiger partial charge is 0.191 e. The molecule has 4 rings (SSSR count). The van der Waals surface area contributed by atoms with E-state index in [1.807, 2.05) is 42.8 Å². The molecule has 0 aliphatic carbocycles. The molecular weight excluding hydrogens is 374 g/mol. The second-order valence-electron chi connectivity index (χ2n) is 6.50. The summed E-state index contributed by atoms with van der Waals surface area (Å²) in [6.45, 7) is 4.08. The Morgan fingerprint density at radius 3 is 2.70 bits per heavy atom. The van der Waals surface area contributed by atoms with Gasteiger partial charge in [-0.1, -0.05) is 53.7 Å². The Labute approximate surface area is 166 Å². The lowest BCUT2D eigenvalue weighted by Crippen LogP contribution is -2.03. The number of hydrogen-bond donors (Lipinski definition) is 0. The molecule has 4 nitrogen and oxygen atoms in total. The molecule has 0 unspecified atom stereocenters. The molecule has 0 fully saturated rings. The van der Waals surface area contributed by atoms with Gasteiger partial charge in [-0.15, -0.1) is 21.5 Å². The molecule has 0 radical (unpaired) electrons. The van der Waals surface area contributed by atoms with Crippen molar-refractivity contribution >= 4 is 39.0 Å². The minimum atomic E-state index is 0.138. The summed E-state index contributed by atoms with van der Waals surface area (Å²) in [5.41, 5.74) is 3.28. The predicted octanol–water partition coefficient (Wildman–Crippen LogP) is 5.29. The van der Waals surface area contributed by atoms with Crippen LogP contribution in [0.3, 0.4) is 0 Å². The Hall–Kier alpha value is -2.44. The van der Waals surface area contributed by atoms with Crippen molar-refractivity contribution in [3.05, 3.63) is 64.5 Å².